The lowest BCUT2D eigenvalue weighted by atomic mass is 10.4. The normalized spacial score (nSPS) is 11.9. The van der Waals surface area contributed by atoms with Gasteiger partial charge in [0.1, 0.15) is 0 Å². The number of rotatable bonds is 4. The van der Waals surface area contributed by atoms with E-state index in [0.29, 0.717) is 6.54 Å². The molecule has 72 valence electrons. The van der Waals surface area contributed by atoms with Crippen LogP contribution in [-0.4, -0.2) is 17.6 Å². The Balaban J connectivity index is 2.28. The fraction of sp³-hybridized carbons (Fsp3) is 0.286. The number of hydrogen-bond acceptors (Lipinski definition) is 4. The smallest absolute Gasteiger partial charge is 0.153 e. The average molecular weight is 264 g/mol. The molecule has 0 radical (unpaired) electrons. The van der Waals surface area contributed by atoms with Crippen LogP contribution in [0.4, 0.5) is 0 Å². The minimum absolute atomic E-state index is 0.190. The van der Waals surface area contributed by atoms with Crippen molar-refractivity contribution in [1.29, 1.82) is 0 Å². The molecular weight excluding hydrogens is 254 g/mol. The van der Waals surface area contributed by atoms with E-state index in [1.165, 1.54) is 4.88 Å². The number of oxime groups is 1. The van der Waals surface area contributed by atoms with E-state index in [0.717, 1.165) is 11.0 Å². The van der Waals surface area contributed by atoms with Crippen molar-refractivity contribution in [3.8, 4) is 0 Å². The van der Waals surface area contributed by atoms with Crippen LogP contribution in [0.5, 0.6) is 0 Å². The molecule has 0 saturated heterocycles. The molecule has 1 aromatic heterocycles. The van der Waals surface area contributed by atoms with Gasteiger partial charge in [0.15, 0.2) is 5.84 Å². The molecule has 6 heteroatoms. The third-order valence-corrected chi connectivity index (χ3v) is 3.05. The van der Waals surface area contributed by atoms with Crippen molar-refractivity contribution in [3.63, 3.8) is 0 Å². The molecule has 0 aliphatic carbocycles. The van der Waals surface area contributed by atoms with Crippen molar-refractivity contribution in [3.05, 3.63) is 20.8 Å². The summed E-state index contributed by atoms with van der Waals surface area (Å²) >= 11 is 5.02. The zero-order valence-electron chi connectivity index (χ0n) is 6.83. The predicted octanol–water partition coefficient (Wildman–Crippen LogP) is 1.35. The third-order valence-electron chi connectivity index (χ3n) is 1.36. The highest BCUT2D eigenvalue weighted by atomic mass is 79.9. The van der Waals surface area contributed by atoms with Crippen LogP contribution in [0.3, 0.4) is 0 Å². The molecule has 0 unspecified atom stereocenters. The second-order valence-electron chi connectivity index (χ2n) is 2.43. The standard InChI is InChI=1S/C7H10BrN3OS/c8-5-1-6(13-4-5)2-10-3-7(9)11-12/h1,4,10,12H,2-3H2,(H2,9,11). The van der Waals surface area contributed by atoms with Crippen molar-refractivity contribution >= 4 is 33.1 Å². The summed E-state index contributed by atoms with van der Waals surface area (Å²) in [5, 5.41) is 16.2. The highest BCUT2D eigenvalue weighted by Gasteiger charge is 1.97. The van der Waals surface area contributed by atoms with E-state index in [4.69, 9.17) is 10.9 Å². The Bertz CT molecular complexity index is 300. The third kappa shape index (κ3) is 3.75. The first-order valence-electron chi connectivity index (χ1n) is 3.62. The zero-order chi connectivity index (χ0) is 9.68. The van der Waals surface area contributed by atoms with Gasteiger partial charge in [-0.3, -0.25) is 0 Å². The molecule has 4 N–H and O–H groups in total. The number of nitrogens with one attached hydrogen (secondary N) is 1. The fourth-order valence-electron chi connectivity index (χ4n) is 0.796. The molecule has 0 aliphatic rings. The largest absolute Gasteiger partial charge is 0.409 e. The Morgan fingerprint density at radius 3 is 3.08 bits per heavy atom. The van der Waals surface area contributed by atoms with Gasteiger partial charge < -0.3 is 16.3 Å². The lowest BCUT2D eigenvalue weighted by Crippen LogP contribution is -2.28. The lowest BCUT2D eigenvalue weighted by Gasteiger charge is -1.99. The second-order valence-corrected chi connectivity index (χ2v) is 4.34. The molecular formula is C7H10BrN3OS. The van der Waals surface area contributed by atoms with Crippen LogP contribution in [0.1, 0.15) is 4.88 Å². The average Bonchev–Trinajstić information content (AvgIpc) is 2.51. The van der Waals surface area contributed by atoms with Gasteiger partial charge in [-0.05, 0) is 22.0 Å². The predicted molar refractivity (Wildman–Crippen MR) is 57.1 cm³/mol. The molecule has 4 nitrogen and oxygen atoms in total. The summed E-state index contributed by atoms with van der Waals surface area (Å²) < 4.78 is 1.08. The molecule has 0 saturated carbocycles. The maximum absolute atomic E-state index is 8.25. The monoisotopic (exact) mass is 263 g/mol. The van der Waals surface area contributed by atoms with Crippen molar-refractivity contribution in [2.24, 2.45) is 10.9 Å². The summed E-state index contributed by atoms with van der Waals surface area (Å²) in [4.78, 5) is 1.21. The van der Waals surface area contributed by atoms with E-state index < -0.39 is 0 Å². The number of amidine groups is 1. The van der Waals surface area contributed by atoms with Gasteiger partial charge in [0.2, 0.25) is 0 Å². The van der Waals surface area contributed by atoms with Crippen LogP contribution in [0, 0.1) is 0 Å². The van der Waals surface area contributed by atoms with Crippen LogP contribution in [0.15, 0.2) is 21.1 Å². The Morgan fingerprint density at radius 2 is 2.54 bits per heavy atom. The molecule has 0 aliphatic heterocycles. The lowest BCUT2D eigenvalue weighted by molar-refractivity contribution is 0.317. The van der Waals surface area contributed by atoms with Crippen LogP contribution in [-0.2, 0) is 6.54 Å². The molecule has 0 aromatic carbocycles. The number of nitrogens with two attached hydrogens (primary N) is 1. The first-order valence-corrected chi connectivity index (χ1v) is 5.29. The fourth-order valence-corrected chi connectivity index (χ4v) is 2.22. The molecule has 13 heavy (non-hydrogen) atoms. The summed E-state index contributed by atoms with van der Waals surface area (Å²) in [5.74, 6) is 0.190. The molecule has 1 heterocycles. The van der Waals surface area contributed by atoms with Gasteiger partial charge in [-0.15, -0.1) is 11.3 Å². The van der Waals surface area contributed by atoms with E-state index in [2.05, 4.69) is 26.4 Å². The van der Waals surface area contributed by atoms with Crippen LogP contribution in [0.25, 0.3) is 0 Å². The highest BCUT2D eigenvalue weighted by molar-refractivity contribution is 9.10. The van der Waals surface area contributed by atoms with E-state index in [-0.39, 0.29) is 5.84 Å². The molecule has 0 fully saturated rings. The molecule has 0 atom stereocenters. The Kier molecular flexibility index (Phi) is 4.20. The van der Waals surface area contributed by atoms with Crippen molar-refractivity contribution in [2.75, 3.05) is 6.54 Å². The SMILES string of the molecule is NC(CNCc1cc(Br)cs1)=NO. The van der Waals surface area contributed by atoms with E-state index >= 15 is 0 Å². The van der Waals surface area contributed by atoms with Crippen molar-refractivity contribution < 1.29 is 5.21 Å². The quantitative estimate of drug-likeness (QED) is 0.333. The molecule has 0 spiro atoms. The molecule has 1 rings (SSSR count). The summed E-state index contributed by atoms with van der Waals surface area (Å²) in [7, 11) is 0. The number of halogens is 1. The number of thiophene rings is 1. The Hall–Kier alpha value is -0.590. The Labute approximate surface area is 88.6 Å². The first kappa shape index (κ1) is 10.5. The van der Waals surface area contributed by atoms with Gasteiger partial charge in [-0.1, -0.05) is 5.16 Å². The van der Waals surface area contributed by atoms with Gasteiger partial charge in [-0.2, -0.15) is 0 Å². The topological polar surface area (TPSA) is 70.6 Å². The maximum atomic E-state index is 8.25. The van der Waals surface area contributed by atoms with Gasteiger partial charge in [0.25, 0.3) is 0 Å². The summed E-state index contributed by atoms with van der Waals surface area (Å²) in [6.07, 6.45) is 0. The number of hydrogen-bond donors (Lipinski definition) is 3. The molecule has 0 amide bonds. The van der Waals surface area contributed by atoms with Crippen molar-refractivity contribution in [1.82, 2.24) is 5.32 Å². The minimum atomic E-state index is 0.190. The molecule has 1 aromatic rings. The maximum Gasteiger partial charge on any atom is 0.153 e. The number of nitrogens with zero attached hydrogens (tertiary/aromatic N) is 1. The van der Waals surface area contributed by atoms with Gasteiger partial charge in [0, 0.05) is 21.3 Å². The summed E-state index contributed by atoms with van der Waals surface area (Å²) in [5.41, 5.74) is 5.27. The summed E-state index contributed by atoms with van der Waals surface area (Å²) in [6.45, 7) is 1.12. The van der Waals surface area contributed by atoms with Crippen molar-refractivity contribution in [2.45, 2.75) is 6.54 Å². The second kappa shape index (κ2) is 5.21. The molecule has 0 bridgehead atoms. The van der Waals surface area contributed by atoms with E-state index in [1.807, 2.05) is 11.4 Å². The van der Waals surface area contributed by atoms with Crippen LogP contribution < -0.4 is 11.1 Å². The van der Waals surface area contributed by atoms with Gasteiger partial charge >= 0.3 is 0 Å². The Morgan fingerprint density at radius 1 is 1.77 bits per heavy atom. The van der Waals surface area contributed by atoms with Crippen LogP contribution >= 0.6 is 27.3 Å². The van der Waals surface area contributed by atoms with E-state index in [1.54, 1.807) is 11.3 Å². The zero-order valence-corrected chi connectivity index (χ0v) is 9.23. The van der Waals surface area contributed by atoms with E-state index in [9.17, 15) is 0 Å². The van der Waals surface area contributed by atoms with Gasteiger partial charge in [-0.25, -0.2) is 0 Å². The minimum Gasteiger partial charge on any atom is -0.409 e. The van der Waals surface area contributed by atoms with Gasteiger partial charge in [0.05, 0.1) is 6.54 Å². The summed E-state index contributed by atoms with van der Waals surface area (Å²) in [6, 6.07) is 2.03. The first-order chi connectivity index (χ1) is 6.22. The highest BCUT2D eigenvalue weighted by Crippen LogP contribution is 2.19. The van der Waals surface area contributed by atoms with Crippen LogP contribution in [0.2, 0.25) is 0 Å².